The smallest absolute Gasteiger partial charge is 0.161 e. The van der Waals surface area contributed by atoms with E-state index in [0.29, 0.717) is 13.2 Å². The fourth-order valence-corrected chi connectivity index (χ4v) is 2.85. The second kappa shape index (κ2) is 21.1. The quantitative estimate of drug-likeness (QED) is 0.315. The maximum atomic E-state index is 8.99. The summed E-state index contributed by atoms with van der Waals surface area (Å²) < 4.78 is 12.1. The van der Waals surface area contributed by atoms with E-state index in [9.17, 15) is 0 Å². The van der Waals surface area contributed by atoms with Gasteiger partial charge in [0.1, 0.15) is 13.2 Å². The van der Waals surface area contributed by atoms with E-state index in [-0.39, 0.29) is 6.61 Å². The molecule has 1 N–H and O–H groups in total. The van der Waals surface area contributed by atoms with E-state index in [1.165, 1.54) is 5.56 Å². The summed E-state index contributed by atoms with van der Waals surface area (Å²) in [6, 6.07) is 26.4. The van der Waals surface area contributed by atoms with Gasteiger partial charge >= 0.3 is 0 Å². The van der Waals surface area contributed by atoms with Gasteiger partial charge in [0.2, 0.25) is 0 Å². The van der Waals surface area contributed by atoms with Crippen molar-refractivity contribution in [2.75, 3.05) is 6.61 Å². The van der Waals surface area contributed by atoms with Crippen LogP contribution in [0.1, 0.15) is 71.1 Å². The summed E-state index contributed by atoms with van der Waals surface area (Å²) in [4.78, 5) is 0. The van der Waals surface area contributed by atoms with Crippen molar-refractivity contribution in [3.8, 4) is 11.5 Å². The van der Waals surface area contributed by atoms with Crippen molar-refractivity contribution in [2.45, 2.75) is 74.0 Å². The van der Waals surface area contributed by atoms with Gasteiger partial charge in [0.15, 0.2) is 11.5 Å². The van der Waals surface area contributed by atoms with E-state index < -0.39 is 0 Å². The van der Waals surface area contributed by atoms with Crippen LogP contribution in [0.4, 0.5) is 0 Å². The van der Waals surface area contributed by atoms with Gasteiger partial charge in [0, 0.05) is 6.61 Å². The third-order valence-corrected chi connectivity index (χ3v) is 4.36. The fraction of sp³-hybridized carbons (Fsp3) is 0.400. The Kier molecular flexibility index (Phi) is 19.3. The first-order valence-corrected chi connectivity index (χ1v) is 12.4. The van der Waals surface area contributed by atoms with E-state index in [0.717, 1.165) is 41.9 Å². The summed E-state index contributed by atoms with van der Waals surface area (Å²) in [7, 11) is 0. The predicted molar refractivity (Wildman–Crippen MR) is 142 cm³/mol. The molecule has 0 spiro atoms. The fourth-order valence-electron chi connectivity index (χ4n) is 2.85. The highest BCUT2D eigenvalue weighted by molar-refractivity contribution is 5.43. The topological polar surface area (TPSA) is 38.7 Å². The molecule has 0 saturated heterocycles. The van der Waals surface area contributed by atoms with Gasteiger partial charge in [-0.1, -0.05) is 108 Å². The maximum Gasteiger partial charge on any atom is 0.161 e. The van der Waals surface area contributed by atoms with Crippen LogP contribution in [-0.4, -0.2) is 11.7 Å². The Hall–Kier alpha value is -2.78. The number of benzene rings is 3. The average Bonchev–Trinajstić information content (AvgIpc) is 2.91. The van der Waals surface area contributed by atoms with Crippen LogP contribution in [0.2, 0.25) is 0 Å². The molecule has 0 aromatic heterocycles. The minimum atomic E-state index is 0.232. The van der Waals surface area contributed by atoms with Crippen LogP contribution >= 0.6 is 0 Å². The lowest BCUT2D eigenvalue weighted by molar-refractivity contribution is 0.255. The first kappa shape index (κ1) is 30.2. The van der Waals surface area contributed by atoms with Gasteiger partial charge in [0.05, 0.1) is 0 Å². The normalized spacial score (nSPS) is 9.18. The zero-order chi connectivity index (χ0) is 24.7. The summed E-state index contributed by atoms with van der Waals surface area (Å²) >= 11 is 0. The van der Waals surface area contributed by atoms with Gasteiger partial charge in [-0.3, -0.25) is 0 Å². The third kappa shape index (κ3) is 12.7. The van der Waals surface area contributed by atoms with Crippen LogP contribution in [0.3, 0.4) is 0 Å². The summed E-state index contributed by atoms with van der Waals surface area (Å²) in [6.07, 6.45) is 2.69. The molecule has 3 aromatic carbocycles. The van der Waals surface area contributed by atoms with Crippen LogP contribution in [0.25, 0.3) is 0 Å². The van der Waals surface area contributed by atoms with Crippen LogP contribution in [0, 0.1) is 0 Å². The third-order valence-electron chi connectivity index (χ3n) is 4.36. The van der Waals surface area contributed by atoms with Gasteiger partial charge < -0.3 is 14.6 Å². The van der Waals surface area contributed by atoms with Gasteiger partial charge in [-0.2, -0.15) is 0 Å². The molecule has 0 radical (unpaired) electrons. The van der Waals surface area contributed by atoms with Crippen LogP contribution in [0.15, 0.2) is 78.9 Å². The van der Waals surface area contributed by atoms with Crippen molar-refractivity contribution >= 4 is 0 Å². The zero-order valence-corrected chi connectivity index (χ0v) is 21.5. The first-order chi connectivity index (χ1) is 16.3. The highest BCUT2D eigenvalue weighted by Gasteiger charge is 2.08. The lowest BCUT2D eigenvalue weighted by Crippen LogP contribution is -2.01. The zero-order valence-electron chi connectivity index (χ0n) is 21.5. The van der Waals surface area contributed by atoms with E-state index in [2.05, 4.69) is 24.3 Å². The molecule has 3 aromatic rings. The van der Waals surface area contributed by atoms with Gasteiger partial charge in [-0.15, -0.1) is 0 Å². The van der Waals surface area contributed by atoms with Gasteiger partial charge in [0.25, 0.3) is 0 Å². The molecule has 0 bridgehead atoms. The number of aliphatic hydroxyl groups is 1. The first-order valence-electron chi connectivity index (χ1n) is 12.4. The monoisotopic (exact) mass is 452 g/mol. The SMILES string of the molecule is CC.CC.CC.OCCCCc1ccc(OCc2ccccc2)c(OCc2ccccc2)c1. The lowest BCUT2D eigenvalue weighted by atomic mass is 10.1. The number of aryl methyl sites for hydroxylation is 1. The number of aliphatic hydroxyl groups excluding tert-OH is 1. The van der Waals surface area contributed by atoms with Crippen molar-refractivity contribution in [2.24, 2.45) is 0 Å². The summed E-state index contributed by atoms with van der Waals surface area (Å²) in [5.74, 6) is 1.51. The molecule has 0 atom stereocenters. The van der Waals surface area contributed by atoms with Crippen molar-refractivity contribution in [1.29, 1.82) is 0 Å². The molecule has 0 unspecified atom stereocenters. The molecule has 0 fully saturated rings. The lowest BCUT2D eigenvalue weighted by Gasteiger charge is -2.15. The van der Waals surface area contributed by atoms with E-state index in [1.54, 1.807) is 0 Å². The number of hydrogen-bond donors (Lipinski definition) is 1. The molecule has 3 rings (SSSR count). The molecule has 0 aliphatic heterocycles. The molecular weight excluding hydrogens is 408 g/mol. The molecule has 0 aliphatic carbocycles. The second-order valence-electron chi connectivity index (χ2n) is 6.51. The molecule has 182 valence electrons. The highest BCUT2D eigenvalue weighted by Crippen LogP contribution is 2.30. The molecule has 0 amide bonds. The molecule has 3 heteroatoms. The molecule has 0 saturated carbocycles. The van der Waals surface area contributed by atoms with Crippen LogP contribution < -0.4 is 9.47 Å². The van der Waals surface area contributed by atoms with Crippen LogP contribution in [0.5, 0.6) is 11.5 Å². The second-order valence-corrected chi connectivity index (χ2v) is 6.51. The molecular formula is C30H44O3. The van der Waals surface area contributed by atoms with Crippen LogP contribution in [-0.2, 0) is 19.6 Å². The Morgan fingerprint density at radius 3 is 1.52 bits per heavy atom. The number of hydrogen-bond acceptors (Lipinski definition) is 3. The number of ether oxygens (including phenoxy) is 2. The Labute approximate surface area is 202 Å². The van der Waals surface area contributed by atoms with E-state index in [4.69, 9.17) is 14.6 Å². The Morgan fingerprint density at radius 2 is 1.03 bits per heavy atom. The molecule has 33 heavy (non-hydrogen) atoms. The minimum Gasteiger partial charge on any atom is -0.485 e. The Morgan fingerprint density at radius 1 is 0.545 bits per heavy atom. The van der Waals surface area contributed by atoms with Crippen molar-refractivity contribution < 1.29 is 14.6 Å². The number of unbranched alkanes of at least 4 members (excludes halogenated alkanes) is 1. The minimum absolute atomic E-state index is 0.232. The standard InChI is InChI=1S/C24H26O3.3C2H6/c25-16-8-7-9-20-14-15-23(26-18-21-10-3-1-4-11-21)24(17-20)27-19-22-12-5-2-6-13-22;3*1-2/h1-6,10-15,17,25H,7-9,16,18-19H2;3*1-2H3. The highest BCUT2D eigenvalue weighted by atomic mass is 16.5. The summed E-state index contributed by atoms with van der Waals surface area (Å²) in [5, 5.41) is 8.99. The van der Waals surface area contributed by atoms with E-state index >= 15 is 0 Å². The average molecular weight is 453 g/mol. The van der Waals surface area contributed by atoms with Crippen molar-refractivity contribution in [1.82, 2.24) is 0 Å². The van der Waals surface area contributed by atoms with Gasteiger partial charge in [-0.25, -0.2) is 0 Å². The van der Waals surface area contributed by atoms with Crippen molar-refractivity contribution in [3.05, 3.63) is 95.6 Å². The maximum absolute atomic E-state index is 8.99. The predicted octanol–water partition coefficient (Wildman–Crippen LogP) is 8.24. The molecule has 0 heterocycles. The van der Waals surface area contributed by atoms with E-state index in [1.807, 2.05) is 96.1 Å². The van der Waals surface area contributed by atoms with Gasteiger partial charge in [-0.05, 0) is 48.1 Å². The van der Waals surface area contributed by atoms with Crippen molar-refractivity contribution in [3.63, 3.8) is 0 Å². The molecule has 3 nitrogen and oxygen atoms in total. The largest absolute Gasteiger partial charge is 0.485 e. The Balaban J connectivity index is 0.00000158. The number of rotatable bonds is 10. The summed E-state index contributed by atoms with van der Waals surface area (Å²) in [5.41, 5.74) is 3.44. The Bertz CT molecular complexity index is 801. The molecule has 0 aliphatic rings. The summed E-state index contributed by atoms with van der Waals surface area (Å²) in [6.45, 7) is 13.2.